The molecule has 1 amide bonds. The van der Waals surface area contributed by atoms with Crippen molar-refractivity contribution in [3.8, 4) is 0 Å². The number of nitrogens with zero attached hydrogens (tertiary/aromatic N) is 1. The van der Waals surface area contributed by atoms with Gasteiger partial charge in [-0.2, -0.15) is 0 Å². The van der Waals surface area contributed by atoms with Gasteiger partial charge in [0, 0.05) is 14.1 Å². The summed E-state index contributed by atoms with van der Waals surface area (Å²) in [7, 11) is -1.13. The number of ether oxygens (including phenoxy) is 1. The van der Waals surface area contributed by atoms with Crippen molar-refractivity contribution < 1.29 is 27.2 Å². The fraction of sp³-hybridized carbons (Fsp3) is 0.250. The maximum atomic E-state index is 12.2. The van der Waals surface area contributed by atoms with E-state index in [-0.39, 0.29) is 22.0 Å². The molecule has 1 aromatic heterocycles. The van der Waals surface area contributed by atoms with Crippen LogP contribution in [0, 0.1) is 0 Å². The van der Waals surface area contributed by atoms with Gasteiger partial charge >= 0.3 is 5.97 Å². The zero-order valence-corrected chi connectivity index (χ0v) is 15.6. The summed E-state index contributed by atoms with van der Waals surface area (Å²) in [5.74, 6) is -0.809. The molecule has 0 saturated heterocycles. The van der Waals surface area contributed by atoms with Gasteiger partial charge in [0.15, 0.2) is 6.61 Å². The van der Waals surface area contributed by atoms with E-state index in [0.29, 0.717) is 5.76 Å². The van der Waals surface area contributed by atoms with Crippen molar-refractivity contribution in [3.63, 3.8) is 0 Å². The highest BCUT2D eigenvalue weighted by Crippen LogP contribution is 2.25. The highest BCUT2D eigenvalue weighted by atomic mass is 35.5. The van der Waals surface area contributed by atoms with Crippen LogP contribution in [-0.4, -0.2) is 45.3 Å². The summed E-state index contributed by atoms with van der Waals surface area (Å²) in [6.07, 6.45) is 1.47. The monoisotopic (exact) mass is 400 g/mol. The van der Waals surface area contributed by atoms with E-state index in [9.17, 15) is 18.0 Å². The number of hydrogen-bond donors (Lipinski definition) is 1. The zero-order chi connectivity index (χ0) is 19.3. The average Bonchev–Trinajstić information content (AvgIpc) is 3.11. The topological polar surface area (TPSA) is 106 Å². The van der Waals surface area contributed by atoms with Gasteiger partial charge in [0.2, 0.25) is 10.0 Å². The molecule has 0 aliphatic heterocycles. The second-order valence-electron chi connectivity index (χ2n) is 5.36. The number of benzene rings is 1. The van der Waals surface area contributed by atoms with Crippen molar-refractivity contribution in [3.05, 3.63) is 52.9 Å². The van der Waals surface area contributed by atoms with Crippen molar-refractivity contribution in [1.29, 1.82) is 0 Å². The Hall–Kier alpha value is -2.36. The lowest BCUT2D eigenvalue weighted by molar-refractivity contribution is -0.124. The molecule has 2 rings (SSSR count). The number of nitrogens with one attached hydrogen (secondary N) is 1. The van der Waals surface area contributed by atoms with Crippen molar-refractivity contribution in [1.82, 2.24) is 9.62 Å². The zero-order valence-electron chi connectivity index (χ0n) is 14.1. The van der Waals surface area contributed by atoms with E-state index < -0.39 is 28.5 Å². The fourth-order valence-corrected chi connectivity index (χ4v) is 3.28. The number of esters is 1. The Labute approximate surface area is 155 Å². The van der Waals surface area contributed by atoms with Crippen LogP contribution in [-0.2, 0) is 26.1 Å². The number of carbonyl (C=O) groups is 2. The Kier molecular flexibility index (Phi) is 6.41. The second-order valence-corrected chi connectivity index (χ2v) is 7.89. The number of amides is 1. The largest absolute Gasteiger partial charge is 0.467 e. The first-order chi connectivity index (χ1) is 12.2. The molecule has 0 unspecified atom stereocenters. The van der Waals surface area contributed by atoms with Gasteiger partial charge in [0.05, 0.1) is 23.4 Å². The Morgan fingerprint density at radius 3 is 2.62 bits per heavy atom. The maximum absolute atomic E-state index is 12.2. The van der Waals surface area contributed by atoms with E-state index in [1.807, 2.05) is 0 Å². The summed E-state index contributed by atoms with van der Waals surface area (Å²) in [4.78, 5) is 23.5. The van der Waals surface area contributed by atoms with E-state index >= 15 is 0 Å². The van der Waals surface area contributed by atoms with Crippen LogP contribution >= 0.6 is 11.6 Å². The first kappa shape index (κ1) is 20.0. The number of carbonyl (C=O) groups excluding carboxylic acids is 2. The van der Waals surface area contributed by atoms with Crippen LogP contribution in [0.15, 0.2) is 45.9 Å². The summed E-state index contributed by atoms with van der Waals surface area (Å²) in [6.45, 7) is -0.354. The van der Waals surface area contributed by atoms with Gasteiger partial charge in [0.25, 0.3) is 5.91 Å². The molecule has 1 aromatic carbocycles. The molecule has 2 aromatic rings. The van der Waals surface area contributed by atoms with Crippen molar-refractivity contribution in [2.45, 2.75) is 11.4 Å². The summed E-state index contributed by atoms with van der Waals surface area (Å²) in [5.41, 5.74) is -0.0336. The van der Waals surface area contributed by atoms with Gasteiger partial charge in [-0.3, -0.25) is 4.79 Å². The summed E-state index contributed by atoms with van der Waals surface area (Å²) in [6, 6.07) is 7.08. The molecule has 0 aliphatic carbocycles. The standard InChI is InChI=1S/C16H17ClN2O6S/c1-19(2)26(22,23)14-8-11(5-6-13(14)17)16(21)25-10-15(20)18-9-12-4-3-7-24-12/h3-8H,9-10H2,1-2H3,(H,18,20). The lowest BCUT2D eigenvalue weighted by Gasteiger charge is -2.13. The molecule has 8 nitrogen and oxygen atoms in total. The van der Waals surface area contributed by atoms with Crippen LogP contribution in [0.1, 0.15) is 16.1 Å². The van der Waals surface area contributed by atoms with Crippen molar-refractivity contribution in [2.24, 2.45) is 0 Å². The molecule has 0 aliphatic rings. The minimum absolute atomic E-state index is 0.0218. The van der Waals surface area contributed by atoms with E-state index in [0.717, 1.165) is 10.4 Å². The summed E-state index contributed by atoms with van der Waals surface area (Å²) >= 11 is 5.92. The molecular weight excluding hydrogens is 384 g/mol. The van der Waals surface area contributed by atoms with Gasteiger partial charge in [-0.1, -0.05) is 11.6 Å². The van der Waals surface area contributed by atoms with Crippen LogP contribution < -0.4 is 5.32 Å². The number of sulfonamides is 1. The maximum Gasteiger partial charge on any atom is 0.338 e. The third-order valence-corrected chi connectivity index (χ3v) is 5.60. The van der Waals surface area contributed by atoms with E-state index in [1.165, 1.54) is 32.5 Å². The average molecular weight is 401 g/mol. The number of furan rings is 1. The molecule has 0 bridgehead atoms. The molecular formula is C16H17ClN2O6S. The Balaban J connectivity index is 2.00. The minimum Gasteiger partial charge on any atom is -0.467 e. The normalized spacial score (nSPS) is 11.4. The Morgan fingerprint density at radius 1 is 1.27 bits per heavy atom. The van der Waals surface area contributed by atoms with Gasteiger partial charge in [-0.15, -0.1) is 0 Å². The minimum atomic E-state index is -3.82. The molecule has 0 atom stereocenters. The van der Waals surface area contributed by atoms with Crippen molar-refractivity contribution in [2.75, 3.05) is 20.7 Å². The predicted molar refractivity (Wildman–Crippen MR) is 93.2 cm³/mol. The van der Waals surface area contributed by atoms with Gasteiger partial charge in [-0.25, -0.2) is 17.5 Å². The molecule has 26 heavy (non-hydrogen) atoms. The molecule has 0 saturated carbocycles. The SMILES string of the molecule is CN(C)S(=O)(=O)c1cc(C(=O)OCC(=O)NCc2ccco2)ccc1Cl. The molecule has 1 N–H and O–H groups in total. The fourth-order valence-electron chi connectivity index (χ4n) is 1.89. The number of rotatable bonds is 7. The summed E-state index contributed by atoms with van der Waals surface area (Å²) in [5, 5.41) is 2.50. The van der Waals surface area contributed by atoms with Crippen LogP contribution in [0.3, 0.4) is 0 Å². The quantitative estimate of drug-likeness (QED) is 0.708. The highest BCUT2D eigenvalue weighted by Gasteiger charge is 2.23. The van der Waals surface area contributed by atoms with Crippen LogP contribution in [0.25, 0.3) is 0 Å². The lowest BCUT2D eigenvalue weighted by atomic mass is 10.2. The van der Waals surface area contributed by atoms with Gasteiger partial charge < -0.3 is 14.5 Å². The highest BCUT2D eigenvalue weighted by molar-refractivity contribution is 7.89. The van der Waals surface area contributed by atoms with Gasteiger partial charge in [0.1, 0.15) is 10.7 Å². The van der Waals surface area contributed by atoms with Crippen LogP contribution in [0.5, 0.6) is 0 Å². The second kappa shape index (κ2) is 8.35. The van der Waals surface area contributed by atoms with Crippen molar-refractivity contribution >= 4 is 33.5 Å². The molecule has 10 heteroatoms. The molecule has 0 fully saturated rings. The van der Waals surface area contributed by atoms with Crippen LogP contribution in [0.4, 0.5) is 0 Å². The predicted octanol–water partition coefficient (Wildman–Crippen LogP) is 1.66. The third-order valence-electron chi connectivity index (χ3n) is 3.30. The lowest BCUT2D eigenvalue weighted by Crippen LogP contribution is -2.28. The number of halogens is 1. The molecule has 140 valence electrons. The molecule has 0 radical (unpaired) electrons. The number of hydrogen-bond acceptors (Lipinski definition) is 6. The summed E-state index contributed by atoms with van der Waals surface area (Å²) < 4.78 is 35.3. The molecule has 0 spiro atoms. The first-order valence-electron chi connectivity index (χ1n) is 7.40. The van der Waals surface area contributed by atoms with E-state index in [2.05, 4.69) is 5.32 Å². The smallest absolute Gasteiger partial charge is 0.338 e. The van der Waals surface area contributed by atoms with Crippen LogP contribution in [0.2, 0.25) is 5.02 Å². The van der Waals surface area contributed by atoms with E-state index in [1.54, 1.807) is 12.1 Å². The van der Waals surface area contributed by atoms with E-state index in [4.69, 9.17) is 20.8 Å². The third kappa shape index (κ3) is 4.84. The Morgan fingerprint density at radius 2 is 2.00 bits per heavy atom. The first-order valence-corrected chi connectivity index (χ1v) is 9.22. The Bertz CT molecular complexity index is 893. The van der Waals surface area contributed by atoms with Gasteiger partial charge in [-0.05, 0) is 30.3 Å². The molecule has 1 heterocycles.